The molecule has 0 saturated heterocycles. The molecular weight excluding hydrogens is 334 g/mol. The van der Waals surface area contributed by atoms with Crippen molar-refractivity contribution >= 4 is 27.6 Å². The predicted octanol–water partition coefficient (Wildman–Crippen LogP) is 3.07. The van der Waals surface area contributed by atoms with E-state index in [1.165, 1.54) is 0 Å². The number of Topliss-reactive ketones (excluding diaryl/α,β-unsaturated/α-hetero) is 1. The fourth-order valence-electron chi connectivity index (χ4n) is 3.15. The van der Waals surface area contributed by atoms with Gasteiger partial charge in [0.1, 0.15) is 5.75 Å². The summed E-state index contributed by atoms with van der Waals surface area (Å²) in [6, 6.07) is 5.69. The zero-order chi connectivity index (χ0) is 15.0. The minimum atomic E-state index is -0.214. The summed E-state index contributed by atoms with van der Waals surface area (Å²) in [6.07, 6.45) is 2.42. The Morgan fingerprint density at radius 1 is 1.29 bits per heavy atom. The number of nitrogens with one attached hydrogen (secondary N) is 1. The second-order valence-electron chi connectivity index (χ2n) is 5.36. The first kappa shape index (κ1) is 14.3. The Labute approximate surface area is 131 Å². The molecule has 110 valence electrons. The fraction of sp³-hybridized carbons (Fsp3) is 0.375. The summed E-state index contributed by atoms with van der Waals surface area (Å²) in [6.45, 7) is 0. The van der Waals surface area contributed by atoms with Crippen molar-refractivity contribution in [2.75, 3.05) is 7.11 Å². The van der Waals surface area contributed by atoms with Gasteiger partial charge in [0.25, 0.3) is 0 Å². The lowest BCUT2D eigenvalue weighted by Crippen LogP contribution is -2.36. The number of halogens is 1. The summed E-state index contributed by atoms with van der Waals surface area (Å²) in [5.41, 5.74) is 2.45. The van der Waals surface area contributed by atoms with Crippen LogP contribution in [-0.4, -0.2) is 18.8 Å². The molecular formula is C16H16BrNO3. The quantitative estimate of drug-likeness (QED) is 0.892. The van der Waals surface area contributed by atoms with Crippen LogP contribution in [0.1, 0.15) is 37.2 Å². The van der Waals surface area contributed by atoms with Crippen LogP contribution in [0.25, 0.3) is 0 Å². The summed E-state index contributed by atoms with van der Waals surface area (Å²) >= 11 is 3.45. The zero-order valence-electron chi connectivity index (χ0n) is 11.7. The number of ketones is 1. The molecule has 1 heterocycles. The molecule has 1 aromatic rings. The van der Waals surface area contributed by atoms with Crippen molar-refractivity contribution in [3.05, 3.63) is 39.5 Å². The molecule has 5 heteroatoms. The molecule has 0 aromatic heterocycles. The van der Waals surface area contributed by atoms with Gasteiger partial charge in [0, 0.05) is 40.1 Å². The van der Waals surface area contributed by atoms with Crippen LogP contribution in [0.5, 0.6) is 5.75 Å². The molecule has 0 unspecified atom stereocenters. The Hall–Kier alpha value is -1.62. The Balaban J connectivity index is 2.13. The summed E-state index contributed by atoms with van der Waals surface area (Å²) in [7, 11) is 1.60. The lowest BCUT2D eigenvalue weighted by atomic mass is 9.78. The molecule has 0 fully saturated rings. The van der Waals surface area contributed by atoms with E-state index in [4.69, 9.17) is 4.74 Å². The number of rotatable bonds is 2. The van der Waals surface area contributed by atoms with Crippen LogP contribution in [-0.2, 0) is 9.59 Å². The second-order valence-corrected chi connectivity index (χ2v) is 6.28. The lowest BCUT2D eigenvalue weighted by molar-refractivity contribution is -0.122. The highest BCUT2D eigenvalue weighted by atomic mass is 79.9. The molecule has 1 aliphatic carbocycles. The van der Waals surface area contributed by atoms with Gasteiger partial charge >= 0.3 is 0 Å². The Morgan fingerprint density at radius 2 is 2.10 bits per heavy atom. The maximum atomic E-state index is 12.3. The second kappa shape index (κ2) is 5.64. The third-order valence-corrected chi connectivity index (χ3v) is 4.54. The number of benzene rings is 1. The molecule has 2 aliphatic rings. The molecule has 1 atom stereocenters. The molecule has 4 nitrogen and oxygen atoms in total. The van der Waals surface area contributed by atoms with Gasteiger partial charge in [-0.2, -0.15) is 0 Å². The van der Waals surface area contributed by atoms with Crippen LogP contribution >= 0.6 is 15.9 Å². The van der Waals surface area contributed by atoms with Crippen molar-refractivity contribution in [3.63, 3.8) is 0 Å². The number of methoxy groups -OCH3 is 1. The van der Waals surface area contributed by atoms with Crippen molar-refractivity contribution in [2.45, 2.75) is 31.6 Å². The topological polar surface area (TPSA) is 55.4 Å². The van der Waals surface area contributed by atoms with E-state index < -0.39 is 0 Å². The average molecular weight is 350 g/mol. The predicted molar refractivity (Wildman–Crippen MR) is 82.1 cm³/mol. The van der Waals surface area contributed by atoms with Gasteiger partial charge in [-0.05, 0) is 31.0 Å². The van der Waals surface area contributed by atoms with Crippen molar-refractivity contribution in [1.82, 2.24) is 5.32 Å². The molecule has 1 aromatic carbocycles. The largest absolute Gasteiger partial charge is 0.496 e. The SMILES string of the molecule is COc1ccc(Br)cc1[C@H]1CC(=O)NC2=C1C(=O)CCC2. The van der Waals surface area contributed by atoms with E-state index in [1.54, 1.807) is 7.11 Å². The molecule has 1 aliphatic heterocycles. The number of amides is 1. The van der Waals surface area contributed by atoms with Gasteiger partial charge in [0.2, 0.25) is 5.91 Å². The number of allylic oxidation sites excluding steroid dienone is 2. The highest BCUT2D eigenvalue weighted by Gasteiger charge is 2.36. The molecule has 0 bridgehead atoms. The summed E-state index contributed by atoms with van der Waals surface area (Å²) in [4.78, 5) is 24.3. The highest BCUT2D eigenvalue weighted by Crippen LogP contribution is 2.42. The van der Waals surface area contributed by atoms with Crippen LogP contribution in [0.15, 0.2) is 33.9 Å². The van der Waals surface area contributed by atoms with Crippen molar-refractivity contribution in [3.8, 4) is 5.75 Å². The van der Waals surface area contributed by atoms with Crippen LogP contribution in [0.4, 0.5) is 0 Å². The van der Waals surface area contributed by atoms with Gasteiger partial charge < -0.3 is 10.1 Å². The maximum Gasteiger partial charge on any atom is 0.225 e. The third kappa shape index (κ3) is 2.62. The highest BCUT2D eigenvalue weighted by molar-refractivity contribution is 9.10. The van der Waals surface area contributed by atoms with Gasteiger partial charge in [-0.3, -0.25) is 9.59 Å². The van der Waals surface area contributed by atoms with Crippen LogP contribution in [0.2, 0.25) is 0 Å². The van der Waals surface area contributed by atoms with Crippen molar-refractivity contribution < 1.29 is 14.3 Å². The van der Waals surface area contributed by atoms with Gasteiger partial charge in [0.15, 0.2) is 5.78 Å². The third-order valence-electron chi connectivity index (χ3n) is 4.05. The normalized spacial score (nSPS) is 21.9. The summed E-state index contributed by atoms with van der Waals surface area (Å²) in [5, 5.41) is 2.87. The molecule has 0 saturated carbocycles. The van der Waals surface area contributed by atoms with Crippen LogP contribution in [0, 0.1) is 0 Å². The first-order valence-electron chi connectivity index (χ1n) is 6.99. The van der Waals surface area contributed by atoms with Gasteiger partial charge in [0.05, 0.1) is 7.11 Å². The molecule has 1 amide bonds. The van der Waals surface area contributed by atoms with E-state index in [-0.39, 0.29) is 24.0 Å². The molecule has 3 rings (SSSR count). The number of carbonyl (C=O) groups is 2. The number of hydrogen-bond acceptors (Lipinski definition) is 3. The average Bonchev–Trinajstić information content (AvgIpc) is 2.46. The van der Waals surface area contributed by atoms with Gasteiger partial charge in [-0.15, -0.1) is 0 Å². The van der Waals surface area contributed by atoms with Crippen LogP contribution in [0.3, 0.4) is 0 Å². The Morgan fingerprint density at radius 3 is 2.86 bits per heavy atom. The van der Waals surface area contributed by atoms with Crippen molar-refractivity contribution in [2.24, 2.45) is 0 Å². The van der Waals surface area contributed by atoms with Gasteiger partial charge in [-0.1, -0.05) is 15.9 Å². The van der Waals surface area contributed by atoms with E-state index in [0.717, 1.165) is 34.1 Å². The minimum Gasteiger partial charge on any atom is -0.496 e. The molecule has 21 heavy (non-hydrogen) atoms. The standard InChI is InChI=1S/C16H16BrNO3/c1-21-14-6-5-9(17)7-10(14)11-8-15(20)18-12-3-2-4-13(19)16(11)12/h5-7,11H,2-4,8H2,1H3,(H,18,20)/t11-/m1/s1. The molecule has 1 N–H and O–H groups in total. The van der Waals surface area contributed by atoms with E-state index in [2.05, 4.69) is 21.2 Å². The first-order valence-corrected chi connectivity index (χ1v) is 7.79. The summed E-state index contributed by atoms with van der Waals surface area (Å²) in [5.74, 6) is 0.607. The number of ether oxygens (including phenoxy) is 1. The van der Waals surface area contributed by atoms with Crippen LogP contribution < -0.4 is 10.1 Å². The first-order chi connectivity index (χ1) is 10.1. The van der Waals surface area contributed by atoms with Crippen molar-refractivity contribution in [1.29, 1.82) is 0 Å². The number of hydrogen-bond donors (Lipinski definition) is 1. The van der Waals surface area contributed by atoms with Gasteiger partial charge in [-0.25, -0.2) is 0 Å². The zero-order valence-corrected chi connectivity index (χ0v) is 13.3. The Kier molecular flexibility index (Phi) is 3.85. The smallest absolute Gasteiger partial charge is 0.225 e. The molecule has 0 radical (unpaired) electrons. The lowest BCUT2D eigenvalue weighted by Gasteiger charge is -2.31. The van der Waals surface area contributed by atoms with E-state index >= 15 is 0 Å². The molecule has 0 spiro atoms. The van der Waals surface area contributed by atoms with E-state index in [1.807, 2.05) is 18.2 Å². The summed E-state index contributed by atoms with van der Waals surface area (Å²) < 4.78 is 6.33. The maximum absolute atomic E-state index is 12.3. The number of carbonyl (C=O) groups excluding carboxylic acids is 2. The monoisotopic (exact) mass is 349 g/mol. The minimum absolute atomic E-state index is 0.0320. The Bertz CT molecular complexity index is 651. The fourth-order valence-corrected chi connectivity index (χ4v) is 3.53. The van der Waals surface area contributed by atoms with E-state index in [9.17, 15) is 9.59 Å². The van der Waals surface area contributed by atoms with E-state index in [0.29, 0.717) is 12.2 Å².